The van der Waals surface area contributed by atoms with Gasteiger partial charge in [0.15, 0.2) is 0 Å². The van der Waals surface area contributed by atoms with E-state index in [2.05, 4.69) is 22.2 Å². The summed E-state index contributed by atoms with van der Waals surface area (Å²) in [5, 5.41) is 17.7. The smallest absolute Gasteiger partial charge is 0.277 e. The number of anilines is 1. The van der Waals surface area contributed by atoms with Crippen molar-refractivity contribution in [3.63, 3.8) is 0 Å². The maximum Gasteiger partial charge on any atom is 0.277 e. The van der Waals surface area contributed by atoms with Gasteiger partial charge in [-0.15, -0.1) is 0 Å². The number of hydrogen-bond donors (Lipinski definition) is 0. The van der Waals surface area contributed by atoms with E-state index in [4.69, 9.17) is 4.74 Å². The second kappa shape index (κ2) is 8.49. The Balaban J connectivity index is 1.62. The van der Waals surface area contributed by atoms with Crippen LogP contribution in [0.4, 0.5) is 11.4 Å². The number of benzene rings is 3. The molecule has 6 heteroatoms. The SMILES string of the molecule is COc1cccc(CCN2CCCCN2c2ccc([N+](=O)[O-])c3ccccc23)c1. The summed E-state index contributed by atoms with van der Waals surface area (Å²) >= 11 is 0. The highest BCUT2D eigenvalue weighted by Crippen LogP contribution is 2.35. The highest BCUT2D eigenvalue weighted by molar-refractivity contribution is 5.99. The first-order chi connectivity index (χ1) is 14.2. The molecule has 6 nitrogen and oxygen atoms in total. The van der Waals surface area contributed by atoms with Gasteiger partial charge in [0.2, 0.25) is 0 Å². The minimum Gasteiger partial charge on any atom is -0.497 e. The molecule has 0 saturated carbocycles. The molecule has 1 heterocycles. The van der Waals surface area contributed by atoms with Crippen LogP contribution in [0.3, 0.4) is 0 Å². The second-order valence-corrected chi connectivity index (χ2v) is 7.29. The molecule has 1 fully saturated rings. The molecule has 0 N–H and O–H groups in total. The molecule has 0 spiro atoms. The number of fused-ring (bicyclic) bond motifs is 1. The van der Waals surface area contributed by atoms with Gasteiger partial charge in [-0.3, -0.25) is 10.1 Å². The van der Waals surface area contributed by atoms with Gasteiger partial charge in [-0.1, -0.05) is 30.3 Å². The van der Waals surface area contributed by atoms with Gasteiger partial charge in [0.25, 0.3) is 5.69 Å². The standard InChI is InChI=1S/C23H25N3O3/c1-29-19-8-6-7-18(17-19)13-16-24-14-4-5-15-25(24)22-11-12-23(26(27)28)21-10-3-2-9-20(21)22/h2-3,6-12,17H,4-5,13-16H2,1H3. The van der Waals surface area contributed by atoms with Crippen LogP contribution in [0.15, 0.2) is 60.7 Å². The van der Waals surface area contributed by atoms with Crippen LogP contribution in [0.5, 0.6) is 5.75 Å². The van der Waals surface area contributed by atoms with Gasteiger partial charge < -0.3 is 9.75 Å². The van der Waals surface area contributed by atoms with Crippen LogP contribution < -0.4 is 9.75 Å². The number of hydrazine groups is 1. The fourth-order valence-corrected chi connectivity index (χ4v) is 4.06. The first kappa shape index (κ1) is 19.2. The fourth-order valence-electron chi connectivity index (χ4n) is 4.06. The molecule has 29 heavy (non-hydrogen) atoms. The number of hydrogen-bond acceptors (Lipinski definition) is 5. The number of methoxy groups -OCH3 is 1. The van der Waals surface area contributed by atoms with Crippen LogP contribution in [-0.4, -0.2) is 36.7 Å². The summed E-state index contributed by atoms with van der Waals surface area (Å²) in [5.74, 6) is 0.874. The van der Waals surface area contributed by atoms with Crippen LogP contribution in [-0.2, 0) is 6.42 Å². The van der Waals surface area contributed by atoms with Gasteiger partial charge >= 0.3 is 0 Å². The van der Waals surface area contributed by atoms with Crippen molar-refractivity contribution in [2.24, 2.45) is 0 Å². The lowest BCUT2D eigenvalue weighted by Crippen LogP contribution is -2.48. The van der Waals surface area contributed by atoms with Crippen molar-refractivity contribution in [1.29, 1.82) is 0 Å². The van der Waals surface area contributed by atoms with Gasteiger partial charge in [-0.2, -0.15) is 0 Å². The van der Waals surface area contributed by atoms with Crippen LogP contribution >= 0.6 is 0 Å². The quantitative estimate of drug-likeness (QED) is 0.445. The molecule has 150 valence electrons. The van der Waals surface area contributed by atoms with E-state index in [1.165, 1.54) is 5.56 Å². The van der Waals surface area contributed by atoms with Crippen LogP contribution in [0.2, 0.25) is 0 Å². The third-order valence-electron chi connectivity index (χ3n) is 5.52. The summed E-state index contributed by atoms with van der Waals surface area (Å²) < 4.78 is 5.34. The molecule has 3 aromatic carbocycles. The van der Waals surface area contributed by atoms with Crippen LogP contribution in [0.25, 0.3) is 10.8 Å². The maximum absolute atomic E-state index is 11.4. The molecule has 1 saturated heterocycles. The van der Waals surface area contributed by atoms with Gasteiger partial charge in [0.1, 0.15) is 5.75 Å². The minimum absolute atomic E-state index is 0.157. The van der Waals surface area contributed by atoms with Crippen molar-refractivity contribution >= 4 is 22.1 Å². The average Bonchev–Trinajstić information content (AvgIpc) is 2.77. The molecule has 1 aliphatic rings. The summed E-state index contributed by atoms with van der Waals surface area (Å²) in [6.45, 7) is 2.79. The number of nitro benzene ring substituents is 1. The molecule has 0 radical (unpaired) electrons. The van der Waals surface area contributed by atoms with E-state index < -0.39 is 0 Å². The molecule has 0 bridgehead atoms. The molecule has 4 rings (SSSR count). The Morgan fingerprint density at radius 3 is 2.59 bits per heavy atom. The van der Waals surface area contributed by atoms with E-state index in [9.17, 15) is 10.1 Å². The van der Waals surface area contributed by atoms with Crippen molar-refractivity contribution in [3.8, 4) is 5.75 Å². The van der Waals surface area contributed by atoms with E-state index >= 15 is 0 Å². The van der Waals surface area contributed by atoms with Gasteiger partial charge in [0, 0.05) is 31.1 Å². The molecule has 0 aromatic heterocycles. The topological polar surface area (TPSA) is 58.8 Å². The zero-order valence-electron chi connectivity index (χ0n) is 16.6. The molecule has 0 unspecified atom stereocenters. The molecule has 3 aromatic rings. The molecular weight excluding hydrogens is 366 g/mol. The number of rotatable bonds is 6. The van der Waals surface area contributed by atoms with Crippen molar-refractivity contribution < 1.29 is 9.66 Å². The van der Waals surface area contributed by atoms with E-state index in [-0.39, 0.29) is 10.6 Å². The third kappa shape index (κ3) is 4.03. The highest BCUT2D eigenvalue weighted by atomic mass is 16.6. The average molecular weight is 391 g/mol. The monoisotopic (exact) mass is 391 g/mol. The third-order valence-corrected chi connectivity index (χ3v) is 5.52. The molecule has 1 aliphatic heterocycles. The molecule has 0 aliphatic carbocycles. The number of nitro groups is 1. The van der Waals surface area contributed by atoms with Crippen LogP contribution in [0, 0.1) is 10.1 Å². The maximum atomic E-state index is 11.4. The zero-order valence-corrected chi connectivity index (χ0v) is 16.6. The summed E-state index contributed by atoms with van der Waals surface area (Å²) in [4.78, 5) is 11.1. The highest BCUT2D eigenvalue weighted by Gasteiger charge is 2.24. The normalized spacial score (nSPS) is 14.9. The Kier molecular flexibility index (Phi) is 5.62. The largest absolute Gasteiger partial charge is 0.497 e. The number of ether oxygens (including phenoxy) is 1. The molecule has 0 amide bonds. The Morgan fingerprint density at radius 2 is 1.79 bits per heavy atom. The summed E-state index contributed by atoms with van der Waals surface area (Å²) in [7, 11) is 1.69. The first-order valence-electron chi connectivity index (χ1n) is 9.99. The predicted octanol–water partition coefficient (Wildman–Crippen LogP) is 4.82. The lowest BCUT2D eigenvalue weighted by molar-refractivity contribution is -0.383. The zero-order chi connectivity index (χ0) is 20.2. The van der Waals surface area contributed by atoms with Crippen molar-refractivity contribution in [3.05, 3.63) is 76.3 Å². The van der Waals surface area contributed by atoms with Crippen molar-refractivity contribution in [1.82, 2.24) is 5.01 Å². The van der Waals surface area contributed by atoms with Gasteiger partial charge in [-0.05, 0) is 49.1 Å². The van der Waals surface area contributed by atoms with Crippen molar-refractivity contribution in [2.45, 2.75) is 19.3 Å². The summed E-state index contributed by atoms with van der Waals surface area (Å²) in [6.07, 6.45) is 3.18. The summed E-state index contributed by atoms with van der Waals surface area (Å²) in [5.41, 5.74) is 2.43. The van der Waals surface area contributed by atoms with E-state index in [1.807, 2.05) is 42.5 Å². The van der Waals surface area contributed by atoms with Gasteiger partial charge in [0.05, 0.1) is 23.1 Å². The molecular formula is C23H25N3O3. The predicted molar refractivity (Wildman–Crippen MR) is 115 cm³/mol. The number of non-ortho nitro benzene ring substituents is 1. The Morgan fingerprint density at radius 1 is 1.00 bits per heavy atom. The summed E-state index contributed by atoms with van der Waals surface area (Å²) in [6, 6.07) is 19.3. The van der Waals surface area contributed by atoms with E-state index in [0.717, 1.165) is 55.7 Å². The van der Waals surface area contributed by atoms with E-state index in [0.29, 0.717) is 5.39 Å². The fraction of sp³-hybridized carbons (Fsp3) is 0.304. The second-order valence-electron chi connectivity index (χ2n) is 7.29. The van der Waals surface area contributed by atoms with Gasteiger partial charge in [-0.25, -0.2) is 5.01 Å². The lowest BCUT2D eigenvalue weighted by atomic mass is 10.1. The molecule has 0 atom stereocenters. The van der Waals surface area contributed by atoms with Crippen molar-refractivity contribution in [2.75, 3.05) is 31.8 Å². The number of nitrogens with zero attached hydrogens (tertiary/aromatic N) is 3. The Labute approximate surface area is 170 Å². The first-order valence-corrected chi connectivity index (χ1v) is 9.99. The van der Waals surface area contributed by atoms with Crippen LogP contribution in [0.1, 0.15) is 18.4 Å². The Bertz CT molecular complexity index is 1020. The minimum atomic E-state index is -0.303. The van der Waals surface area contributed by atoms with E-state index in [1.54, 1.807) is 13.2 Å². The lowest BCUT2D eigenvalue weighted by Gasteiger charge is -2.41. The Hall–Kier alpha value is -3.12.